The van der Waals surface area contributed by atoms with Gasteiger partial charge in [0, 0.05) is 30.9 Å². The molecule has 0 aliphatic carbocycles. The molecule has 1 atom stereocenters. The number of hydrogen-bond donors (Lipinski definition) is 1. The molecule has 132 valence electrons. The van der Waals surface area contributed by atoms with Crippen LogP contribution in [0.2, 0.25) is 0 Å². The molecule has 2 rings (SSSR count). The zero-order valence-electron chi connectivity index (χ0n) is 14.2. The highest BCUT2D eigenvalue weighted by Gasteiger charge is 2.26. The summed E-state index contributed by atoms with van der Waals surface area (Å²) in [6.45, 7) is 5.10. The van der Waals surface area contributed by atoms with E-state index in [2.05, 4.69) is 9.97 Å². The maximum atomic E-state index is 12.4. The van der Waals surface area contributed by atoms with Gasteiger partial charge in [0.25, 0.3) is 0 Å². The van der Waals surface area contributed by atoms with Gasteiger partial charge in [-0.1, -0.05) is 11.8 Å². The first kappa shape index (κ1) is 18.7. The van der Waals surface area contributed by atoms with Crippen LogP contribution in [0.3, 0.4) is 0 Å². The highest BCUT2D eigenvalue weighted by molar-refractivity contribution is 7.98. The highest BCUT2D eigenvalue weighted by Crippen LogP contribution is 2.18. The second kappa shape index (κ2) is 8.43. The molecule has 0 spiro atoms. The molecule has 0 radical (unpaired) electrons. The second-order valence-corrected chi connectivity index (χ2v) is 6.56. The Morgan fingerprint density at radius 2 is 2.00 bits per heavy atom. The molecule has 1 N–H and O–H groups in total. The number of thioether (sulfide) groups is 1. The van der Waals surface area contributed by atoms with Crippen LogP contribution in [0.4, 0.5) is 0 Å². The van der Waals surface area contributed by atoms with Crippen LogP contribution >= 0.6 is 11.8 Å². The van der Waals surface area contributed by atoms with E-state index in [0.717, 1.165) is 22.1 Å². The number of aliphatic carboxylic acids is 1. The maximum Gasteiger partial charge on any atom is 0.306 e. The number of aryl methyl sites for hydroxylation is 2. The average molecular weight is 353 g/mol. The molecule has 7 nitrogen and oxygen atoms in total. The Labute approximate surface area is 145 Å². The summed E-state index contributed by atoms with van der Waals surface area (Å²) in [5, 5.41) is 9.59. The minimum absolute atomic E-state index is 0.0152. The van der Waals surface area contributed by atoms with Gasteiger partial charge < -0.3 is 14.7 Å². The number of carboxylic acids is 1. The van der Waals surface area contributed by atoms with E-state index in [1.54, 1.807) is 4.90 Å². The lowest BCUT2D eigenvalue weighted by molar-refractivity contribution is -0.147. The van der Waals surface area contributed by atoms with E-state index >= 15 is 0 Å². The van der Waals surface area contributed by atoms with Crippen molar-refractivity contribution in [2.24, 2.45) is 0 Å². The first-order valence-corrected chi connectivity index (χ1v) is 9.12. The van der Waals surface area contributed by atoms with Crippen molar-refractivity contribution in [2.45, 2.75) is 44.4 Å². The SMILES string of the molecule is CSc1nc(C)c(CCC(=O)N2CCOC(CC(=O)O)C2)c(C)n1. The molecule has 1 unspecified atom stereocenters. The molecular formula is C16H23N3O4S. The van der Waals surface area contributed by atoms with Crippen molar-refractivity contribution in [1.29, 1.82) is 0 Å². The average Bonchev–Trinajstić information content (AvgIpc) is 2.53. The summed E-state index contributed by atoms with van der Waals surface area (Å²) in [4.78, 5) is 33.8. The van der Waals surface area contributed by atoms with Gasteiger partial charge in [-0.15, -0.1) is 0 Å². The number of carbonyl (C=O) groups excluding carboxylic acids is 1. The molecule has 0 aromatic carbocycles. The van der Waals surface area contributed by atoms with Gasteiger partial charge in [0.2, 0.25) is 5.91 Å². The van der Waals surface area contributed by atoms with Crippen molar-refractivity contribution in [1.82, 2.24) is 14.9 Å². The molecular weight excluding hydrogens is 330 g/mol. The van der Waals surface area contributed by atoms with Gasteiger partial charge in [-0.05, 0) is 32.1 Å². The number of carbonyl (C=O) groups is 2. The molecule has 1 aromatic rings. The molecule has 24 heavy (non-hydrogen) atoms. The zero-order chi connectivity index (χ0) is 17.7. The molecule has 1 aromatic heterocycles. The Morgan fingerprint density at radius 3 is 2.58 bits per heavy atom. The Bertz CT molecular complexity index is 600. The van der Waals surface area contributed by atoms with E-state index in [-0.39, 0.29) is 12.3 Å². The standard InChI is InChI=1S/C16H23N3O4S/c1-10-13(11(2)18-16(17-10)24-3)4-5-14(20)19-6-7-23-12(9-19)8-15(21)22/h12H,4-9H2,1-3H3,(H,21,22). The van der Waals surface area contributed by atoms with Gasteiger partial charge in [0.15, 0.2) is 5.16 Å². The van der Waals surface area contributed by atoms with Crippen LogP contribution in [0, 0.1) is 13.8 Å². The minimum atomic E-state index is -0.911. The Hall–Kier alpha value is -1.67. The van der Waals surface area contributed by atoms with Crippen molar-refractivity contribution < 1.29 is 19.4 Å². The number of carboxylic acid groups (broad SMARTS) is 1. The number of hydrogen-bond acceptors (Lipinski definition) is 6. The normalized spacial score (nSPS) is 17.8. The van der Waals surface area contributed by atoms with Gasteiger partial charge in [-0.3, -0.25) is 9.59 Å². The lowest BCUT2D eigenvalue weighted by Gasteiger charge is -2.32. The van der Waals surface area contributed by atoms with E-state index in [4.69, 9.17) is 9.84 Å². The Kier molecular flexibility index (Phi) is 6.56. The fraction of sp³-hybridized carbons (Fsp3) is 0.625. The minimum Gasteiger partial charge on any atom is -0.481 e. The monoisotopic (exact) mass is 353 g/mol. The third kappa shape index (κ3) is 4.91. The molecule has 0 saturated carbocycles. The van der Waals surface area contributed by atoms with Crippen LogP contribution in [-0.4, -0.2) is 63.9 Å². The van der Waals surface area contributed by atoms with E-state index in [1.165, 1.54) is 11.8 Å². The van der Waals surface area contributed by atoms with E-state index in [1.807, 2.05) is 20.1 Å². The predicted octanol–water partition coefficient (Wildman–Crippen LogP) is 1.45. The van der Waals surface area contributed by atoms with Crippen molar-refractivity contribution in [3.05, 3.63) is 17.0 Å². The molecule has 1 amide bonds. The molecule has 0 bridgehead atoms. The van der Waals surface area contributed by atoms with E-state index < -0.39 is 12.1 Å². The first-order chi connectivity index (χ1) is 11.4. The molecule has 8 heteroatoms. The summed E-state index contributed by atoms with van der Waals surface area (Å²) in [7, 11) is 0. The third-order valence-electron chi connectivity index (χ3n) is 4.07. The highest BCUT2D eigenvalue weighted by atomic mass is 32.2. The van der Waals surface area contributed by atoms with Crippen LogP contribution in [0.15, 0.2) is 5.16 Å². The Balaban J connectivity index is 1.94. The van der Waals surface area contributed by atoms with Crippen LogP contribution in [-0.2, 0) is 20.7 Å². The number of amides is 1. The summed E-state index contributed by atoms with van der Waals surface area (Å²) in [5.74, 6) is -0.895. The van der Waals surface area contributed by atoms with Crippen molar-refractivity contribution in [3.8, 4) is 0 Å². The number of aromatic nitrogens is 2. The summed E-state index contributed by atoms with van der Waals surface area (Å²) in [6.07, 6.45) is 2.39. The third-order valence-corrected chi connectivity index (χ3v) is 4.61. The van der Waals surface area contributed by atoms with E-state index in [0.29, 0.717) is 32.5 Å². The van der Waals surface area contributed by atoms with Crippen molar-refractivity contribution in [3.63, 3.8) is 0 Å². The van der Waals surface area contributed by atoms with Gasteiger partial charge in [0.1, 0.15) is 0 Å². The smallest absolute Gasteiger partial charge is 0.306 e. The van der Waals surface area contributed by atoms with Gasteiger partial charge in [-0.2, -0.15) is 0 Å². The summed E-state index contributed by atoms with van der Waals surface area (Å²) >= 11 is 1.50. The fourth-order valence-corrected chi connectivity index (χ4v) is 3.27. The van der Waals surface area contributed by atoms with Gasteiger partial charge in [0.05, 0.1) is 19.1 Å². The number of rotatable bonds is 6. The summed E-state index contributed by atoms with van der Waals surface area (Å²) in [6, 6.07) is 0. The predicted molar refractivity (Wildman–Crippen MR) is 90.2 cm³/mol. The van der Waals surface area contributed by atoms with Crippen molar-refractivity contribution in [2.75, 3.05) is 26.0 Å². The van der Waals surface area contributed by atoms with Crippen LogP contribution in [0.5, 0.6) is 0 Å². The quantitative estimate of drug-likeness (QED) is 0.611. The van der Waals surface area contributed by atoms with E-state index in [9.17, 15) is 9.59 Å². The Morgan fingerprint density at radius 1 is 1.33 bits per heavy atom. The van der Waals surface area contributed by atoms with Crippen LogP contribution in [0.1, 0.15) is 29.8 Å². The first-order valence-electron chi connectivity index (χ1n) is 7.90. The summed E-state index contributed by atoms with van der Waals surface area (Å²) < 4.78 is 5.40. The molecule has 1 aliphatic heterocycles. The van der Waals surface area contributed by atoms with Crippen molar-refractivity contribution >= 4 is 23.6 Å². The fourth-order valence-electron chi connectivity index (χ4n) is 2.82. The zero-order valence-corrected chi connectivity index (χ0v) is 15.1. The maximum absolute atomic E-state index is 12.4. The largest absolute Gasteiger partial charge is 0.481 e. The number of ether oxygens (including phenoxy) is 1. The summed E-state index contributed by atoms with van der Waals surface area (Å²) in [5.41, 5.74) is 2.83. The van der Waals surface area contributed by atoms with Crippen LogP contribution < -0.4 is 0 Å². The second-order valence-electron chi connectivity index (χ2n) is 5.79. The van der Waals surface area contributed by atoms with Gasteiger partial charge >= 0.3 is 5.97 Å². The van der Waals surface area contributed by atoms with Crippen LogP contribution in [0.25, 0.3) is 0 Å². The van der Waals surface area contributed by atoms with Gasteiger partial charge in [-0.25, -0.2) is 9.97 Å². The lowest BCUT2D eigenvalue weighted by atomic mass is 10.1. The number of morpholine rings is 1. The molecule has 1 aliphatic rings. The lowest BCUT2D eigenvalue weighted by Crippen LogP contribution is -2.46. The topological polar surface area (TPSA) is 92.6 Å². The molecule has 1 fully saturated rings. The molecule has 1 saturated heterocycles. The molecule has 2 heterocycles. The number of nitrogens with zero attached hydrogens (tertiary/aromatic N) is 3.